The number of hydrogen-bond acceptors (Lipinski definition) is 4. The second kappa shape index (κ2) is 25.1. The summed E-state index contributed by atoms with van der Waals surface area (Å²) < 4.78 is 32.1. The summed E-state index contributed by atoms with van der Waals surface area (Å²) in [5.74, 6) is -1.00. The fraction of sp³-hybridized carbons (Fsp3) is 0.833. The van der Waals surface area contributed by atoms with E-state index in [2.05, 4.69) is 31.3 Å². The molecule has 0 aliphatic rings. The van der Waals surface area contributed by atoms with Crippen LogP contribution in [-0.4, -0.2) is 41.9 Å². The lowest BCUT2D eigenvalue weighted by Gasteiger charge is -2.21. The Labute approximate surface area is 228 Å². The summed E-state index contributed by atoms with van der Waals surface area (Å²) in [6.07, 6.45) is 28.8. The van der Waals surface area contributed by atoms with Crippen LogP contribution >= 0.6 is 0 Å². The predicted molar refractivity (Wildman–Crippen MR) is 156 cm³/mol. The third-order valence-corrected chi connectivity index (χ3v) is 7.41. The molecule has 0 aliphatic heterocycles. The van der Waals surface area contributed by atoms with Crippen molar-refractivity contribution in [3.05, 3.63) is 24.3 Å². The quantitative estimate of drug-likeness (QED) is 0.0590. The second-order valence-corrected chi connectivity index (χ2v) is 11.9. The summed E-state index contributed by atoms with van der Waals surface area (Å²) in [6.45, 7) is 4.44. The summed E-state index contributed by atoms with van der Waals surface area (Å²) in [6, 6.07) is -1.06. The predicted octanol–water partition coefficient (Wildman–Crippen LogP) is 7.67. The van der Waals surface area contributed by atoms with Crippen molar-refractivity contribution in [3.8, 4) is 0 Å². The summed E-state index contributed by atoms with van der Waals surface area (Å²) in [7, 11) is -4.33. The SMILES string of the molecule is CCCCCCCCC/C=C/CC/C=C/C(O)C(CS(=O)(=O)O)NC(=O)CCCCCCCCCCC. The number of carbonyl (C=O) groups excluding carboxylic acids is 1. The van der Waals surface area contributed by atoms with Gasteiger partial charge in [-0.15, -0.1) is 0 Å². The molecule has 3 N–H and O–H groups in total. The smallest absolute Gasteiger partial charge is 0.267 e. The molecule has 0 aromatic heterocycles. The van der Waals surface area contributed by atoms with Crippen molar-refractivity contribution in [1.29, 1.82) is 0 Å². The average Bonchev–Trinajstić information content (AvgIpc) is 2.84. The number of aliphatic hydroxyl groups is 1. The molecule has 218 valence electrons. The van der Waals surface area contributed by atoms with E-state index in [9.17, 15) is 22.9 Å². The zero-order valence-electron chi connectivity index (χ0n) is 23.8. The Morgan fingerprint density at radius 3 is 1.70 bits per heavy atom. The highest BCUT2D eigenvalue weighted by Gasteiger charge is 2.24. The Kier molecular flexibility index (Phi) is 24.3. The monoisotopic (exact) mass is 543 g/mol. The zero-order valence-corrected chi connectivity index (χ0v) is 24.7. The van der Waals surface area contributed by atoms with Crippen LogP contribution in [-0.2, 0) is 14.9 Å². The van der Waals surface area contributed by atoms with Gasteiger partial charge >= 0.3 is 0 Å². The molecule has 0 bridgehead atoms. The second-order valence-electron chi connectivity index (χ2n) is 10.4. The first-order valence-corrected chi connectivity index (χ1v) is 16.6. The first kappa shape index (κ1) is 35.8. The van der Waals surface area contributed by atoms with Gasteiger partial charge in [0.2, 0.25) is 5.91 Å². The van der Waals surface area contributed by atoms with E-state index in [-0.39, 0.29) is 12.3 Å². The largest absolute Gasteiger partial charge is 0.387 e. The highest BCUT2D eigenvalue weighted by molar-refractivity contribution is 7.85. The lowest BCUT2D eigenvalue weighted by molar-refractivity contribution is -0.122. The Morgan fingerprint density at radius 2 is 1.16 bits per heavy atom. The molecule has 2 unspecified atom stereocenters. The molecule has 0 saturated heterocycles. The Bertz CT molecular complexity index is 690. The van der Waals surface area contributed by atoms with E-state index in [4.69, 9.17) is 0 Å². The summed E-state index contributed by atoms with van der Waals surface area (Å²) in [5.41, 5.74) is 0. The van der Waals surface area contributed by atoms with Gasteiger partial charge in [0.15, 0.2) is 0 Å². The van der Waals surface area contributed by atoms with Crippen LogP contribution in [0.15, 0.2) is 24.3 Å². The molecular weight excluding hydrogens is 486 g/mol. The normalized spacial score (nSPS) is 13.9. The lowest BCUT2D eigenvalue weighted by atomic mass is 10.1. The van der Waals surface area contributed by atoms with Gasteiger partial charge in [-0.05, 0) is 32.1 Å². The molecule has 0 fully saturated rings. The van der Waals surface area contributed by atoms with Crippen LogP contribution in [0.1, 0.15) is 142 Å². The van der Waals surface area contributed by atoms with Crippen molar-refractivity contribution in [2.75, 3.05) is 5.75 Å². The minimum atomic E-state index is -4.33. The highest BCUT2D eigenvalue weighted by atomic mass is 32.2. The van der Waals surface area contributed by atoms with E-state index in [1.807, 2.05) is 0 Å². The van der Waals surface area contributed by atoms with Crippen LogP contribution in [0.25, 0.3) is 0 Å². The van der Waals surface area contributed by atoms with Crippen molar-refractivity contribution in [2.45, 2.75) is 154 Å². The third-order valence-electron chi connectivity index (χ3n) is 6.63. The van der Waals surface area contributed by atoms with Crippen molar-refractivity contribution < 1.29 is 22.9 Å². The Hall–Kier alpha value is -1.18. The molecule has 0 aliphatic carbocycles. The Balaban J connectivity index is 4.18. The van der Waals surface area contributed by atoms with Gasteiger partial charge in [0.25, 0.3) is 10.1 Å². The number of carbonyl (C=O) groups is 1. The third kappa shape index (κ3) is 26.2. The van der Waals surface area contributed by atoms with E-state index >= 15 is 0 Å². The maximum absolute atomic E-state index is 12.3. The van der Waals surface area contributed by atoms with Crippen molar-refractivity contribution in [2.24, 2.45) is 0 Å². The van der Waals surface area contributed by atoms with Gasteiger partial charge in [0.05, 0.1) is 17.9 Å². The van der Waals surface area contributed by atoms with Crippen LogP contribution in [0.4, 0.5) is 0 Å². The minimum absolute atomic E-state index is 0.289. The molecule has 0 rings (SSSR count). The van der Waals surface area contributed by atoms with Crippen LogP contribution in [0.2, 0.25) is 0 Å². The standard InChI is InChI=1S/C30H57NO5S/c1-3-5-7-9-11-13-14-15-16-18-19-21-23-25-29(32)28(27-37(34,35)36)31-30(33)26-24-22-20-17-12-10-8-6-4-2/h16,18,23,25,28-29,32H,3-15,17,19-22,24,26-27H2,1-2H3,(H,31,33)(H,34,35,36)/b18-16+,25-23+. The molecule has 0 aromatic rings. The van der Waals surface area contributed by atoms with Gasteiger partial charge in [-0.25, -0.2) is 0 Å². The number of amides is 1. The van der Waals surface area contributed by atoms with E-state index in [1.165, 1.54) is 89.5 Å². The number of nitrogens with one attached hydrogen (secondary N) is 1. The molecule has 0 spiro atoms. The maximum Gasteiger partial charge on any atom is 0.267 e. The number of rotatable bonds is 26. The number of unbranched alkanes of at least 4 members (excludes halogenated alkanes) is 16. The minimum Gasteiger partial charge on any atom is -0.387 e. The molecule has 7 heteroatoms. The first-order chi connectivity index (χ1) is 17.8. The van der Waals surface area contributed by atoms with E-state index < -0.39 is 28.0 Å². The molecule has 6 nitrogen and oxygen atoms in total. The number of allylic oxidation sites excluding steroid dienone is 3. The topological polar surface area (TPSA) is 104 Å². The van der Waals surface area contributed by atoms with Crippen molar-refractivity contribution in [1.82, 2.24) is 5.32 Å². The lowest BCUT2D eigenvalue weighted by Crippen LogP contribution is -2.46. The van der Waals surface area contributed by atoms with E-state index in [1.54, 1.807) is 6.08 Å². The molecule has 0 saturated carbocycles. The van der Waals surface area contributed by atoms with Gasteiger partial charge in [-0.3, -0.25) is 9.35 Å². The summed E-state index contributed by atoms with van der Waals surface area (Å²) in [4.78, 5) is 12.3. The molecule has 2 atom stereocenters. The molecule has 1 amide bonds. The van der Waals surface area contributed by atoms with Crippen molar-refractivity contribution >= 4 is 16.0 Å². The molecular formula is C30H57NO5S. The van der Waals surface area contributed by atoms with Gasteiger partial charge in [-0.2, -0.15) is 8.42 Å². The fourth-order valence-corrected chi connectivity index (χ4v) is 5.08. The highest BCUT2D eigenvalue weighted by Crippen LogP contribution is 2.11. The van der Waals surface area contributed by atoms with Crippen molar-refractivity contribution in [3.63, 3.8) is 0 Å². The van der Waals surface area contributed by atoms with Crippen LogP contribution in [0, 0.1) is 0 Å². The number of aliphatic hydroxyl groups excluding tert-OH is 1. The first-order valence-electron chi connectivity index (χ1n) is 15.0. The number of hydrogen-bond donors (Lipinski definition) is 3. The molecule has 37 heavy (non-hydrogen) atoms. The van der Waals surface area contributed by atoms with E-state index in [0.29, 0.717) is 0 Å². The summed E-state index contributed by atoms with van der Waals surface area (Å²) in [5, 5.41) is 13.0. The molecule has 0 radical (unpaired) electrons. The van der Waals surface area contributed by atoms with Crippen LogP contribution in [0.3, 0.4) is 0 Å². The average molecular weight is 544 g/mol. The molecule has 0 aromatic carbocycles. The van der Waals surface area contributed by atoms with Crippen LogP contribution in [0.5, 0.6) is 0 Å². The van der Waals surface area contributed by atoms with Gasteiger partial charge in [0.1, 0.15) is 0 Å². The van der Waals surface area contributed by atoms with Gasteiger partial charge < -0.3 is 10.4 Å². The fourth-order valence-electron chi connectivity index (χ4n) is 4.34. The van der Waals surface area contributed by atoms with Gasteiger partial charge in [-0.1, -0.05) is 128 Å². The maximum atomic E-state index is 12.3. The van der Waals surface area contributed by atoms with E-state index in [0.717, 1.165) is 38.5 Å². The van der Waals surface area contributed by atoms with Gasteiger partial charge in [0, 0.05) is 6.42 Å². The zero-order chi connectivity index (χ0) is 27.6. The van der Waals surface area contributed by atoms with Crippen LogP contribution < -0.4 is 5.32 Å². The molecule has 0 heterocycles. The summed E-state index contributed by atoms with van der Waals surface area (Å²) >= 11 is 0. The Morgan fingerprint density at radius 1 is 0.703 bits per heavy atom.